The molecule has 0 unspecified atom stereocenters. The zero-order valence-corrected chi connectivity index (χ0v) is 20.1. The molecule has 3 aromatic carbocycles. The van der Waals surface area contributed by atoms with Gasteiger partial charge in [-0.1, -0.05) is 6.07 Å². The molecule has 0 heterocycles. The molecular weight excluding hydrogens is 550 g/mol. The van der Waals surface area contributed by atoms with Crippen LogP contribution in [0, 0.1) is 9.39 Å². The predicted octanol–water partition coefficient (Wildman–Crippen LogP) is 4.28. The molecule has 168 valence electrons. The van der Waals surface area contributed by atoms with Gasteiger partial charge >= 0.3 is 10.2 Å². The highest BCUT2D eigenvalue weighted by Crippen LogP contribution is 2.34. The van der Waals surface area contributed by atoms with E-state index in [4.69, 9.17) is 10.5 Å². The lowest BCUT2D eigenvalue weighted by Crippen LogP contribution is -2.28. The van der Waals surface area contributed by atoms with Crippen LogP contribution in [0.2, 0.25) is 0 Å². The largest absolute Gasteiger partial charge is 0.456 e. The minimum Gasteiger partial charge on any atom is -0.456 e. The Kier molecular flexibility index (Phi) is 7.21. The second kappa shape index (κ2) is 9.71. The Hall–Kier alpha value is -2.90. The van der Waals surface area contributed by atoms with Crippen molar-refractivity contribution in [2.24, 2.45) is 5.73 Å². The van der Waals surface area contributed by atoms with Crippen molar-refractivity contribution < 1.29 is 22.3 Å². The highest BCUT2D eigenvalue weighted by atomic mass is 127. The molecule has 0 fully saturated rings. The summed E-state index contributed by atoms with van der Waals surface area (Å²) in [5, 5.41) is 2.98. The molecule has 0 radical (unpaired) electrons. The van der Waals surface area contributed by atoms with Gasteiger partial charge in [0.15, 0.2) is 0 Å². The second-order valence-corrected chi connectivity index (χ2v) is 9.97. The number of anilines is 3. The highest BCUT2D eigenvalue weighted by Gasteiger charge is 2.19. The molecule has 0 aliphatic rings. The lowest BCUT2D eigenvalue weighted by atomic mass is 10.1. The van der Waals surface area contributed by atoms with Crippen LogP contribution in [0.15, 0.2) is 60.7 Å². The Morgan fingerprint density at radius 2 is 1.75 bits per heavy atom. The summed E-state index contributed by atoms with van der Waals surface area (Å²) in [6.45, 7) is 0. The molecular formula is C21H20FIN4O4S. The Bertz CT molecular complexity index is 1250. The van der Waals surface area contributed by atoms with Gasteiger partial charge < -0.3 is 15.8 Å². The summed E-state index contributed by atoms with van der Waals surface area (Å²) >= 11 is 2.15. The van der Waals surface area contributed by atoms with E-state index in [0.29, 0.717) is 5.69 Å². The fourth-order valence-electron chi connectivity index (χ4n) is 2.69. The number of rotatable bonds is 8. The van der Waals surface area contributed by atoms with Gasteiger partial charge in [0.25, 0.3) is 5.91 Å². The van der Waals surface area contributed by atoms with Gasteiger partial charge in [-0.25, -0.2) is 4.39 Å². The molecule has 4 N–H and O–H groups in total. The maximum absolute atomic E-state index is 14.4. The van der Waals surface area contributed by atoms with Crippen molar-refractivity contribution in [1.82, 2.24) is 4.31 Å². The average molecular weight is 570 g/mol. The first-order valence-electron chi connectivity index (χ1n) is 9.19. The molecule has 1 amide bonds. The Labute approximate surface area is 198 Å². The molecule has 0 spiro atoms. The van der Waals surface area contributed by atoms with E-state index in [1.54, 1.807) is 18.2 Å². The van der Waals surface area contributed by atoms with Crippen LogP contribution in [0.5, 0.6) is 11.5 Å². The van der Waals surface area contributed by atoms with E-state index in [2.05, 4.69) is 32.6 Å². The average Bonchev–Trinajstić information content (AvgIpc) is 2.69. The number of carbonyl (C=O) groups is 1. The molecule has 11 heteroatoms. The van der Waals surface area contributed by atoms with Crippen molar-refractivity contribution in [2.75, 3.05) is 24.1 Å². The quantitative estimate of drug-likeness (QED) is 0.350. The molecule has 3 aromatic rings. The van der Waals surface area contributed by atoms with Crippen molar-refractivity contribution in [3.8, 4) is 11.5 Å². The number of carbonyl (C=O) groups excluding carboxylic acids is 1. The third-order valence-electron chi connectivity index (χ3n) is 4.23. The van der Waals surface area contributed by atoms with Crippen molar-refractivity contribution in [2.45, 2.75) is 0 Å². The van der Waals surface area contributed by atoms with E-state index in [-0.39, 0.29) is 28.4 Å². The van der Waals surface area contributed by atoms with Crippen LogP contribution in [0.1, 0.15) is 10.4 Å². The van der Waals surface area contributed by atoms with Gasteiger partial charge in [0, 0.05) is 35.5 Å². The zero-order valence-electron chi connectivity index (χ0n) is 17.1. The molecule has 0 saturated heterocycles. The van der Waals surface area contributed by atoms with Crippen molar-refractivity contribution >= 4 is 55.8 Å². The third kappa shape index (κ3) is 5.87. The van der Waals surface area contributed by atoms with Crippen LogP contribution in [-0.2, 0) is 10.2 Å². The van der Waals surface area contributed by atoms with Crippen LogP contribution < -0.4 is 20.5 Å². The number of ether oxygens (including phenoxy) is 1. The molecule has 3 rings (SSSR count). The van der Waals surface area contributed by atoms with Crippen LogP contribution >= 0.6 is 22.6 Å². The molecule has 0 aliphatic heterocycles. The van der Waals surface area contributed by atoms with E-state index in [0.717, 1.165) is 20.0 Å². The summed E-state index contributed by atoms with van der Waals surface area (Å²) in [5.41, 5.74) is 6.51. The minimum absolute atomic E-state index is 0.0516. The smallest absolute Gasteiger partial charge is 0.301 e. The maximum atomic E-state index is 14.4. The molecule has 0 aliphatic carbocycles. The Morgan fingerprint density at radius 1 is 1.06 bits per heavy atom. The monoisotopic (exact) mass is 570 g/mol. The molecule has 32 heavy (non-hydrogen) atoms. The van der Waals surface area contributed by atoms with Gasteiger partial charge in [-0.15, -0.1) is 0 Å². The standard InChI is InChI=1S/C21H20FIN4O4S/c1-27(2)32(29,30)26-16-4-3-5-17(12-16)31-19-11-13(22)10-18(20(19)21(24)28)25-15-8-6-14(23)7-9-15/h3-12,25-26H,1-2H3,(H2,24,28). The van der Waals surface area contributed by atoms with Crippen molar-refractivity contribution in [1.29, 1.82) is 0 Å². The summed E-state index contributed by atoms with van der Waals surface area (Å²) < 4.78 is 48.6. The molecule has 0 atom stereocenters. The van der Waals surface area contributed by atoms with Crippen LogP contribution in [-0.4, -0.2) is 32.7 Å². The van der Waals surface area contributed by atoms with Gasteiger partial charge in [0.1, 0.15) is 22.9 Å². The number of hydrogen-bond donors (Lipinski definition) is 3. The fraction of sp³-hybridized carbons (Fsp3) is 0.0952. The summed E-state index contributed by atoms with van der Waals surface area (Å²) in [7, 11) is -0.959. The molecule has 0 aromatic heterocycles. The number of nitrogens with zero attached hydrogens (tertiary/aromatic N) is 1. The first-order valence-corrected chi connectivity index (χ1v) is 11.7. The topological polar surface area (TPSA) is 114 Å². The number of hydrogen-bond acceptors (Lipinski definition) is 5. The SMILES string of the molecule is CN(C)S(=O)(=O)Nc1cccc(Oc2cc(F)cc(Nc3ccc(I)cc3)c2C(N)=O)c1. The van der Waals surface area contributed by atoms with E-state index in [9.17, 15) is 17.6 Å². The number of benzene rings is 3. The van der Waals surface area contributed by atoms with E-state index in [1.165, 1.54) is 32.3 Å². The maximum Gasteiger partial charge on any atom is 0.301 e. The van der Waals surface area contributed by atoms with Gasteiger partial charge in [-0.3, -0.25) is 9.52 Å². The number of nitrogens with one attached hydrogen (secondary N) is 2. The molecule has 0 saturated carbocycles. The van der Waals surface area contributed by atoms with Crippen LogP contribution in [0.4, 0.5) is 21.5 Å². The first-order chi connectivity index (χ1) is 15.0. The first kappa shape index (κ1) is 23.8. The number of nitrogens with two attached hydrogens (primary N) is 1. The summed E-state index contributed by atoms with van der Waals surface area (Å²) in [4.78, 5) is 12.2. The second-order valence-electron chi connectivity index (χ2n) is 6.84. The summed E-state index contributed by atoms with van der Waals surface area (Å²) in [6, 6.07) is 15.5. The fourth-order valence-corrected chi connectivity index (χ4v) is 3.66. The Balaban J connectivity index is 1.96. The zero-order chi connectivity index (χ0) is 23.5. The van der Waals surface area contributed by atoms with E-state index in [1.807, 2.05) is 12.1 Å². The Morgan fingerprint density at radius 3 is 2.38 bits per heavy atom. The minimum atomic E-state index is -3.73. The van der Waals surface area contributed by atoms with E-state index >= 15 is 0 Å². The van der Waals surface area contributed by atoms with Crippen LogP contribution in [0.25, 0.3) is 0 Å². The third-order valence-corrected chi connectivity index (χ3v) is 6.40. The van der Waals surface area contributed by atoms with E-state index < -0.39 is 21.9 Å². The lowest BCUT2D eigenvalue weighted by Gasteiger charge is -2.17. The van der Waals surface area contributed by atoms with Gasteiger partial charge in [-0.05, 0) is 65.1 Å². The number of halogens is 2. The van der Waals surface area contributed by atoms with Crippen molar-refractivity contribution in [3.63, 3.8) is 0 Å². The predicted molar refractivity (Wildman–Crippen MR) is 130 cm³/mol. The van der Waals surface area contributed by atoms with Gasteiger partial charge in [0.2, 0.25) is 0 Å². The van der Waals surface area contributed by atoms with Crippen LogP contribution in [0.3, 0.4) is 0 Å². The summed E-state index contributed by atoms with van der Waals surface area (Å²) in [5.74, 6) is -1.41. The lowest BCUT2D eigenvalue weighted by molar-refractivity contribution is 0.0999. The summed E-state index contributed by atoms with van der Waals surface area (Å²) in [6.07, 6.45) is 0. The number of amides is 1. The number of primary amides is 1. The molecule has 8 nitrogen and oxygen atoms in total. The van der Waals surface area contributed by atoms with Crippen molar-refractivity contribution in [3.05, 3.63) is 75.6 Å². The van der Waals surface area contributed by atoms with Gasteiger partial charge in [0.05, 0.1) is 11.4 Å². The normalized spacial score (nSPS) is 11.3. The van der Waals surface area contributed by atoms with Gasteiger partial charge in [-0.2, -0.15) is 12.7 Å². The molecule has 0 bridgehead atoms. The highest BCUT2D eigenvalue weighted by molar-refractivity contribution is 14.1.